The summed E-state index contributed by atoms with van der Waals surface area (Å²) in [7, 11) is 0. The second-order valence-corrected chi connectivity index (χ2v) is 5.01. The van der Waals surface area contributed by atoms with Gasteiger partial charge < -0.3 is 5.11 Å². The van der Waals surface area contributed by atoms with Gasteiger partial charge in [-0.3, -0.25) is 4.79 Å². The first-order chi connectivity index (χ1) is 7.70. The average Bonchev–Trinajstić information content (AvgIpc) is 2.25. The molecule has 0 saturated heterocycles. The van der Waals surface area contributed by atoms with Gasteiger partial charge in [0.1, 0.15) is 0 Å². The molecule has 0 aliphatic rings. The molecule has 0 fully saturated rings. The zero-order chi connectivity index (χ0) is 11.8. The third-order valence-electron chi connectivity index (χ3n) is 2.14. The highest BCUT2D eigenvalue weighted by Gasteiger charge is 2.00. The average molecular weight is 259 g/mol. The van der Waals surface area contributed by atoms with E-state index < -0.39 is 5.97 Å². The molecule has 1 aromatic rings. The number of carbonyl (C=O) groups is 1. The largest absolute Gasteiger partial charge is 0.481 e. The van der Waals surface area contributed by atoms with Gasteiger partial charge in [-0.25, -0.2) is 0 Å². The van der Waals surface area contributed by atoms with E-state index in [4.69, 9.17) is 16.7 Å². The van der Waals surface area contributed by atoms with E-state index in [0.717, 1.165) is 34.9 Å². The molecule has 2 nitrogen and oxygen atoms in total. The Labute approximate surface area is 105 Å². The molecule has 0 aliphatic carbocycles. The molecule has 0 radical (unpaired) electrons. The van der Waals surface area contributed by atoms with Crippen LogP contribution < -0.4 is 0 Å². The van der Waals surface area contributed by atoms with Crippen LogP contribution in [0.4, 0.5) is 0 Å². The molecule has 0 saturated carbocycles. The number of hydrogen-bond acceptors (Lipinski definition) is 2. The summed E-state index contributed by atoms with van der Waals surface area (Å²) in [5, 5.41) is 9.27. The Balaban J connectivity index is 2.12. The number of rotatable bonds is 7. The number of carboxylic acids is 1. The Bertz CT molecular complexity index is 342. The van der Waals surface area contributed by atoms with Gasteiger partial charge in [-0.1, -0.05) is 29.8 Å². The van der Waals surface area contributed by atoms with Gasteiger partial charge in [0.25, 0.3) is 0 Å². The van der Waals surface area contributed by atoms with Crippen LogP contribution in [0.25, 0.3) is 0 Å². The highest BCUT2D eigenvalue weighted by molar-refractivity contribution is 7.98. The molecular weight excluding hydrogens is 244 g/mol. The lowest BCUT2D eigenvalue weighted by Gasteiger charge is -2.03. The molecule has 16 heavy (non-hydrogen) atoms. The van der Waals surface area contributed by atoms with Crippen LogP contribution in [-0.2, 0) is 10.5 Å². The minimum atomic E-state index is -0.712. The molecule has 0 aromatic heterocycles. The zero-order valence-electron chi connectivity index (χ0n) is 8.99. The minimum Gasteiger partial charge on any atom is -0.481 e. The number of halogens is 1. The Morgan fingerprint density at radius 1 is 1.31 bits per heavy atom. The number of aliphatic carboxylic acids is 1. The van der Waals surface area contributed by atoms with E-state index in [2.05, 4.69) is 0 Å². The van der Waals surface area contributed by atoms with E-state index in [9.17, 15) is 4.79 Å². The van der Waals surface area contributed by atoms with E-state index in [-0.39, 0.29) is 6.42 Å². The van der Waals surface area contributed by atoms with Crippen LogP contribution >= 0.6 is 23.4 Å². The van der Waals surface area contributed by atoms with E-state index in [1.165, 1.54) is 0 Å². The number of hydrogen-bond donors (Lipinski definition) is 1. The minimum absolute atomic E-state index is 0.270. The first-order valence-electron chi connectivity index (χ1n) is 5.23. The Kier molecular flexibility index (Phi) is 6.34. The summed E-state index contributed by atoms with van der Waals surface area (Å²) in [6.45, 7) is 0. The van der Waals surface area contributed by atoms with Crippen LogP contribution in [-0.4, -0.2) is 16.8 Å². The Hall–Kier alpha value is -0.670. The van der Waals surface area contributed by atoms with Gasteiger partial charge in [-0.05, 0) is 30.2 Å². The third kappa shape index (κ3) is 5.42. The summed E-state index contributed by atoms with van der Waals surface area (Å²) in [5.41, 5.74) is 1.15. The predicted molar refractivity (Wildman–Crippen MR) is 69.1 cm³/mol. The maximum Gasteiger partial charge on any atom is 0.303 e. The van der Waals surface area contributed by atoms with Gasteiger partial charge >= 0.3 is 5.97 Å². The van der Waals surface area contributed by atoms with Gasteiger partial charge in [0.2, 0.25) is 0 Å². The first kappa shape index (κ1) is 13.4. The van der Waals surface area contributed by atoms with Gasteiger partial charge in [0.15, 0.2) is 0 Å². The molecule has 0 bridgehead atoms. The van der Waals surface area contributed by atoms with Crippen molar-refractivity contribution in [3.63, 3.8) is 0 Å². The van der Waals surface area contributed by atoms with E-state index in [1.807, 2.05) is 24.3 Å². The maximum absolute atomic E-state index is 10.3. The van der Waals surface area contributed by atoms with Crippen LogP contribution in [0.1, 0.15) is 24.8 Å². The van der Waals surface area contributed by atoms with E-state index >= 15 is 0 Å². The monoisotopic (exact) mass is 258 g/mol. The molecule has 1 aromatic carbocycles. The molecule has 0 unspecified atom stereocenters. The van der Waals surface area contributed by atoms with Crippen LogP contribution in [0.2, 0.25) is 5.02 Å². The molecule has 0 amide bonds. The Morgan fingerprint density at radius 2 is 2.06 bits per heavy atom. The smallest absolute Gasteiger partial charge is 0.303 e. The highest BCUT2D eigenvalue weighted by Crippen LogP contribution is 2.21. The summed E-state index contributed by atoms with van der Waals surface area (Å²) in [4.78, 5) is 10.3. The van der Waals surface area contributed by atoms with Crippen molar-refractivity contribution in [2.45, 2.75) is 25.0 Å². The quantitative estimate of drug-likeness (QED) is 0.756. The molecule has 1 N–H and O–H groups in total. The summed E-state index contributed by atoms with van der Waals surface area (Å²) >= 11 is 7.81. The molecule has 4 heteroatoms. The second-order valence-electron chi connectivity index (χ2n) is 3.49. The second kappa shape index (κ2) is 7.58. The van der Waals surface area contributed by atoms with Crippen molar-refractivity contribution < 1.29 is 9.90 Å². The lowest BCUT2D eigenvalue weighted by atomic mass is 10.2. The summed E-state index contributed by atoms with van der Waals surface area (Å²) < 4.78 is 0. The molecule has 0 atom stereocenters. The van der Waals surface area contributed by atoms with Crippen LogP contribution in [0.3, 0.4) is 0 Å². The van der Waals surface area contributed by atoms with Gasteiger partial charge in [-0.2, -0.15) is 11.8 Å². The molecule has 0 aliphatic heterocycles. The van der Waals surface area contributed by atoms with Gasteiger partial charge in [-0.15, -0.1) is 0 Å². The summed E-state index contributed by atoms with van der Waals surface area (Å²) in [6, 6.07) is 7.81. The highest BCUT2D eigenvalue weighted by atomic mass is 35.5. The lowest BCUT2D eigenvalue weighted by molar-refractivity contribution is -0.137. The van der Waals surface area contributed by atoms with Gasteiger partial charge in [0, 0.05) is 17.2 Å². The molecule has 88 valence electrons. The summed E-state index contributed by atoms with van der Waals surface area (Å²) in [5.74, 6) is 1.17. The molecule has 1 rings (SSSR count). The number of thioether (sulfide) groups is 1. The SMILES string of the molecule is O=C(O)CCCCSCc1ccccc1Cl. The van der Waals surface area contributed by atoms with Gasteiger partial charge in [0.05, 0.1) is 0 Å². The van der Waals surface area contributed by atoms with Crippen molar-refractivity contribution in [3.05, 3.63) is 34.9 Å². The van der Waals surface area contributed by atoms with Crippen LogP contribution in [0.15, 0.2) is 24.3 Å². The fourth-order valence-corrected chi connectivity index (χ4v) is 2.58. The number of unbranched alkanes of at least 4 members (excludes halogenated alkanes) is 1. The van der Waals surface area contributed by atoms with Crippen molar-refractivity contribution in [2.75, 3.05) is 5.75 Å². The van der Waals surface area contributed by atoms with Crippen LogP contribution in [0.5, 0.6) is 0 Å². The number of carboxylic acid groups (broad SMARTS) is 1. The summed E-state index contributed by atoms with van der Waals surface area (Å²) in [6.07, 6.45) is 1.97. The Morgan fingerprint density at radius 3 is 2.75 bits per heavy atom. The van der Waals surface area contributed by atoms with E-state index in [0.29, 0.717) is 0 Å². The first-order valence-corrected chi connectivity index (χ1v) is 6.76. The van der Waals surface area contributed by atoms with Crippen molar-refractivity contribution in [1.29, 1.82) is 0 Å². The fourth-order valence-electron chi connectivity index (χ4n) is 1.28. The van der Waals surface area contributed by atoms with E-state index in [1.54, 1.807) is 11.8 Å². The van der Waals surface area contributed by atoms with Crippen molar-refractivity contribution in [2.24, 2.45) is 0 Å². The van der Waals surface area contributed by atoms with Crippen molar-refractivity contribution >= 4 is 29.3 Å². The van der Waals surface area contributed by atoms with Crippen molar-refractivity contribution in [1.82, 2.24) is 0 Å². The molecule has 0 heterocycles. The zero-order valence-corrected chi connectivity index (χ0v) is 10.6. The normalized spacial score (nSPS) is 10.3. The van der Waals surface area contributed by atoms with Crippen LogP contribution in [0, 0.1) is 0 Å². The predicted octanol–water partition coefficient (Wildman–Crippen LogP) is 3.83. The lowest BCUT2D eigenvalue weighted by Crippen LogP contribution is -1.94. The number of benzene rings is 1. The maximum atomic E-state index is 10.3. The molecule has 0 spiro atoms. The topological polar surface area (TPSA) is 37.3 Å². The third-order valence-corrected chi connectivity index (χ3v) is 3.61. The van der Waals surface area contributed by atoms with Crippen molar-refractivity contribution in [3.8, 4) is 0 Å². The standard InChI is InChI=1S/C12H15ClO2S/c13-11-6-2-1-5-10(11)9-16-8-4-3-7-12(14)15/h1-2,5-6H,3-4,7-9H2,(H,14,15). The fraction of sp³-hybridized carbons (Fsp3) is 0.417. The molecular formula is C12H15ClO2S.